The van der Waals surface area contributed by atoms with E-state index in [4.69, 9.17) is 4.42 Å². The lowest BCUT2D eigenvalue weighted by atomic mass is 10.1. The molecule has 0 saturated heterocycles. The average molecular weight is 405 g/mol. The molecule has 3 N–H and O–H groups in total. The molecule has 0 spiro atoms. The molecule has 0 atom stereocenters. The zero-order valence-electron chi connectivity index (χ0n) is 16.3. The number of nitrogens with zero attached hydrogens (tertiary/aromatic N) is 2. The largest absolute Gasteiger partial charge is 0.403 e. The van der Waals surface area contributed by atoms with E-state index < -0.39 is 17.5 Å². The van der Waals surface area contributed by atoms with Crippen molar-refractivity contribution in [3.05, 3.63) is 53.3 Å². The molecule has 1 aromatic heterocycles. The van der Waals surface area contributed by atoms with E-state index in [0.29, 0.717) is 24.7 Å². The maximum atomic E-state index is 14.5. The smallest absolute Gasteiger partial charge is 0.315 e. The Morgan fingerprint density at radius 2 is 1.79 bits per heavy atom. The minimum Gasteiger partial charge on any atom is -0.403 e. The lowest BCUT2D eigenvalue weighted by molar-refractivity contribution is 0.510. The van der Waals surface area contributed by atoms with Crippen molar-refractivity contribution in [1.29, 1.82) is 0 Å². The number of aryl methyl sites for hydroxylation is 1. The van der Waals surface area contributed by atoms with Crippen molar-refractivity contribution >= 4 is 17.4 Å². The summed E-state index contributed by atoms with van der Waals surface area (Å²) in [6, 6.07) is 7.12. The van der Waals surface area contributed by atoms with Crippen molar-refractivity contribution < 1.29 is 17.6 Å². The molecule has 6 nitrogen and oxygen atoms in total. The van der Waals surface area contributed by atoms with Gasteiger partial charge in [0.1, 0.15) is 5.82 Å². The standard InChI is InChI=1S/C20H22F3N5O/c1-11(2)24-8-9-25-20-28-27-19(29-20)13-5-6-14(21)17(23)18(13)26-16-7-4-12(3)10-15(16)22/h4-7,10-11,24,26H,8-9H2,1-3H3,(H,25,28). The summed E-state index contributed by atoms with van der Waals surface area (Å²) in [6.07, 6.45) is 0. The van der Waals surface area contributed by atoms with Crippen molar-refractivity contribution in [1.82, 2.24) is 15.5 Å². The van der Waals surface area contributed by atoms with Crippen LogP contribution in [0.2, 0.25) is 0 Å². The molecule has 0 bridgehead atoms. The molecule has 154 valence electrons. The number of hydrogen-bond acceptors (Lipinski definition) is 6. The number of rotatable bonds is 8. The molecule has 0 amide bonds. The van der Waals surface area contributed by atoms with Gasteiger partial charge in [0, 0.05) is 19.1 Å². The Bertz CT molecular complexity index is 990. The van der Waals surface area contributed by atoms with Crippen molar-refractivity contribution in [3.8, 4) is 11.5 Å². The zero-order chi connectivity index (χ0) is 21.0. The van der Waals surface area contributed by atoms with Crippen LogP contribution in [0.5, 0.6) is 0 Å². The van der Waals surface area contributed by atoms with E-state index in [9.17, 15) is 13.2 Å². The molecule has 0 aliphatic carbocycles. The highest BCUT2D eigenvalue weighted by atomic mass is 19.2. The molecule has 1 heterocycles. The van der Waals surface area contributed by atoms with Crippen molar-refractivity contribution in [3.63, 3.8) is 0 Å². The second kappa shape index (κ2) is 8.95. The van der Waals surface area contributed by atoms with Gasteiger partial charge < -0.3 is 20.4 Å². The summed E-state index contributed by atoms with van der Waals surface area (Å²) in [4.78, 5) is 0. The van der Waals surface area contributed by atoms with Crippen molar-refractivity contribution in [2.24, 2.45) is 0 Å². The average Bonchev–Trinajstić information content (AvgIpc) is 3.13. The van der Waals surface area contributed by atoms with Gasteiger partial charge in [-0.25, -0.2) is 13.2 Å². The Morgan fingerprint density at radius 1 is 1.00 bits per heavy atom. The minimum atomic E-state index is -1.17. The highest BCUT2D eigenvalue weighted by molar-refractivity contribution is 5.78. The van der Waals surface area contributed by atoms with E-state index in [1.165, 1.54) is 18.2 Å². The highest BCUT2D eigenvalue weighted by Crippen LogP contribution is 2.34. The van der Waals surface area contributed by atoms with E-state index in [2.05, 4.69) is 26.1 Å². The lowest BCUT2D eigenvalue weighted by Gasteiger charge is -2.12. The molecule has 0 aliphatic rings. The molecule has 2 aromatic carbocycles. The molecular formula is C20H22F3N5O. The van der Waals surface area contributed by atoms with Gasteiger partial charge in [0.25, 0.3) is 5.89 Å². The quantitative estimate of drug-likeness (QED) is 0.475. The third-order valence-electron chi connectivity index (χ3n) is 4.09. The molecule has 3 aromatic rings. The Kier molecular flexibility index (Phi) is 6.38. The molecule has 0 aliphatic heterocycles. The van der Waals surface area contributed by atoms with E-state index in [1.54, 1.807) is 13.0 Å². The summed E-state index contributed by atoms with van der Waals surface area (Å²) in [6.45, 7) is 7.00. The van der Waals surface area contributed by atoms with Crippen molar-refractivity contribution in [2.45, 2.75) is 26.8 Å². The molecular weight excluding hydrogens is 383 g/mol. The van der Waals surface area contributed by atoms with Crippen LogP contribution in [0.25, 0.3) is 11.5 Å². The van der Waals surface area contributed by atoms with Gasteiger partial charge in [-0.1, -0.05) is 25.0 Å². The fourth-order valence-electron chi connectivity index (χ4n) is 2.64. The Morgan fingerprint density at radius 3 is 2.52 bits per heavy atom. The zero-order valence-corrected chi connectivity index (χ0v) is 16.3. The summed E-state index contributed by atoms with van der Waals surface area (Å²) in [5, 5.41) is 16.5. The van der Waals surface area contributed by atoms with Gasteiger partial charge in [0.2, 0.25) is 0 Å². The molecule has 3 rings (SSSR count). The molecule has 0 fully saturated rings. The second-order valence-electron chi connectivity index (χ2n) is 6.84. The van der Waals surface area contributed by atoms with Crippen LogP contribution in [0.15, 0.2) is 34.7 Å². The first-order chi connectivity index (χ1) is 13.8. The topological polar surface area (TPSA) is 75.0 Å². The predicted octanol–water partition coefficient (Wildman–Crippen LogP) is 4.62. The van der Waals surface area contributed by atoms with Crippen LogP contribution in [-0.2, 0) is 0 Å². The van der Waals surface area contributed by atoms with Crippen LogP contribution in [0.4, 0.5) is 30.6 Å². The first-order valence-corrected chi connectivity index (χ1v) is 9.17. The van der Waals surface area contributed by atoms with Gasteiger partial charge in [-0.3, -0.25) is 0 Å². The third-order valence-corrected chi connectivity index (χ3v) is 4.09. The van der Waals surface area contributed by atoms with Crippen LogP contribution in [-0.4, -0.2) is 29.3 Å². The summed E-state index contributed by atoms with van der Waals surface area (Å²) in [5.41, 5.74) is 0.528. The van der Waals surface area contributed by atoms with Gasteiger partial charge in [-0.05, 0) is 36.8 Å². The summed E-state index contributed by atoms with van der Waals surface area (Å²) >= 11 is 0. The molecule has 0 radical (unpaired) electrons. The molecule has 0 saturated carbocycles. The maximum absolute atomic E-state index is 14.5. The predicted molar refractivity (Wildman–Crippen MR) is 106 cm³/mol. The summed E-state index contributed by atoms with van der Waals surface area (Å²) < 4.78 is 48.0. The molecule has 29 heavy (non-hydrogen) atoms. The number of aromatic nitrogens is 2. The van der Waals surface area contributed by atoms with Crippen LogP contribution in [0.1, 0.15) is 19.4 Å². The van der Waals surface area contributed by atoms with E-state index in [0.717, 1.165) is 6.07 Å². The second-order valence-corrected chi connectivity index (χ2v) is 6.84. The normalized spacial score (nSPS) is 11.1. The van der Waals surface area contributed by atoms with Crippen molar-refractivity contribution in [2.75, 3.05) is 23.7 Å². The molecule has 0 unspecified atom stereocenters. The SMILES string of the molecule is Cc1ccc(Nc2c(-c3nnc(NCCNC(C)C)o3)ccc(F)c2F)c(F)c1. The number of anilines is 3. The number of benzene rings is 2. The van der Waals surface area contributed by atoms with E-state index >= 15 is 0 Å². The molecule has 9 heteroatoms. The van der Waals surface area contributed by atoms with E-state index in [-0.39, 0.29) is 28.8 Å². The maximum Gasteiger partial charge on any atom is 0.315 e. The fraction of sp³-hybridized carbons (Fsp3) is 0.300. The minimum absolute atomic E-state index is 0.000950. The fourth-order valence-corrected chi connectivity index (χ4v) is 2.64. The van der Waals surface area contributed by atoms with E-state index in [1.807, 2.05) is 13.8 Å². The van der Waals surface area contributed by atoms with Gasteiger partial charge in [-0.2, -0.15) is 0 Å². The lowest BCUT2D eigenvalue weighted by Crippen LogP contribution is -2.28. The first-order valence-electron chi connectivity index (χ1n) is 9.17. The third kappa shape index (κ3) is 5.05. The summed E-state index contributed by atoms with van der Waals surface area (Å²) in [7, 11) is 0. The summed E-state index contributed by atoms with van der Waals surface area (Å²) in [5.74, 6) is -2.87. The number of halogens is 3. The van der Waals surface area contributed by atoms with Crippen LogP contribution < -0.4 is 16.0 Å². The number of hydrogen-bond donors (Lipinski definition) is 3. The first kappa shape index (κ1) is 20.7. The Balaban J connectivity index is 1.85. The van der Waals surface area contributed by atoms with Crippen LogP contribution in [0.3, 0.4) is 0 Å². The highest BCUT2D eigenvalue weighted by Gasteiger charge is 2.20. The van der Waals surface area contributed by atoms with Gasteiger partial charge in [0.05, 0.1) is 16.9 Å². The Labute approximate surface area is 166 Å². The van der Waals surface area contributed by atoms with Crippen LogP contribution in [0, 0.1) is 24.4 Å². The van der Waals surface area contributed by atoms with Gasteiger partial charge in [-0.15, -0.1) is 5.10 Å². The van der Waals surface area contributed by atoms with Crippen LogP contribution >= 0.6 is 0 Å². The monoisotopic (exact) mass is 405 g/mol. The Hall–Kier alpha value is -3.07. The van der Waals surface area contributed by atoms with Gasteiger partial charge >= 0.3 is 6.01 Å². The number of nitrogens with one attached hydrogen (secondary N) is 3. The van der Waals surface area contributed by atoms with Gasteiger partial charge in [0.15, 0.2) is 11.6 Å².